The highest BCUT2D eigenvalue weighted by Gasteiger charge is 2.18. The summed E-state index contributed by atoms with van der Waals surface area (Å²) in [6, 6.07) is 29.7. The SMILES string of the molecule is COc1cc(-c2cc(C(=O)N/N=C/c3cccc(Oc4ccccc4)c3)c3ccccc3n2)cc(OC)c1OC. The molecule has 0 saturated carbocycles. The molecule has 1 N–H and O–H groups in total. The number of nitrogens with zero attached hydrogens (tertiary/aromatic N) is 2. The van der Waals surface area contributed by atoms with Gasteiger partial charge in [0.2, 0.25) is 5.75 Å². The van der Waals surface area contributed by atoms with E-state index >= 15 is 0 Å². The monoisotopic (exact) mass is 533 g/mol. The quantitative estimate of drug-likeness (QED) is 0.172. The van der Waals surface area contributed by atoms with Crippen LogP contribution in [0.3, 0.4) is 0 Å². The van der Waals surface area contributed by atoms with E-state index in [0.29, 0.717) is 50.7 Å². The van der Waals surface area contributed by atoms with Gasteiger partial charge >= 0.3 is 0 Å². The Morgan fingerprint density at radius 1 is 0.775 bits per heavy atom. The Bertz CT molecular complexity index is 1660. The minimum atomic E-state index is -0.375. The van der Waals surface area contributed by atoms with Crippen molar-refractivity contribution in [3.63, 3.8) is 0 Å². The number of fused-ring (bicyclic) bond motifs is 1. The second-order valence-electron chi connectivity index (χ2n) is 8.67. The van der Waals surface area contributed by atoms with E-state index in [1.807, 2.05) is 78.9 Å². The Balaban J connectivity index is 1.42. The molecule has 1 heterocycles. The number of aromatic nitrogens is 1. The van der Waals surface area contributed by atoms with Gasteiger partial charge in [0, 0.05) is 10.9 Å². The zero-order valence-corrected chi connectivity index (χ0v) is 22.3. The van der Waals surface area contributed by atoms with Crippen molar-refractivity contribution in [3.8, 4) is 40.0 Å². The minimum absolute atomic E-state index is 0.375. The van der Waals surface area contributed by atoms with E-state index in [2.05, 4.69) is 10.5 Å². The number of methoxy groups -OCH3 is 3. The van der Waals surface area contributed by atoms with Crippen molar-refractivity contribution in [3.05, 3.63) is 108 Å². The molecule has 4 aromatic carbocycles. The number of hydrogen-bond acceptors (Lipinski definition) is 7. The molecule has 0 spiro atoms. The highest BCUT2D eigenvalue weighted by molar-refractivity contribution is 6.07. The molecule has 0 aliphatic carbocycles. The van der Waals surface area contributed by atoms with Gasteiger partial charge in [-0.1, -0.05) is 48.5 Å². The maximum atomic E-state index is 13.3. The van der Waals surface area contributed by atoms with Crippen molar-refractivity contribution < 1.29 is 23.7 Å². The van der Waals surface area contributed by atoms with Gasteiger partial charge in [0.25, 0.3) is 5.91 Å². The number of carbonyl (C=O) groups excluding carboxylic acids is 1. The molecular formula is C32H27N3O5. The second kappa shape index (κ2) is 12.0. The van der Waals surface area contributed by atoms with Crippen LogP contribution in [-0.4, -0.2) is 38.4 Å². The van der Waals surface area contributed by atoms with Crippen molar-refractivity contribution in [2.75, 3.05) is 21.3 Å². The Morgan fingerprint density at radius 2 is 1.48 bits per heavy atom. The van der Waals surface area contributed by atoms with Crippen LogP contribution in [0.5, 0.6) is 28.7 Å². The summed E-state index contributed by atoms with van der Waals surface area (Å²) in [6.07, 6.45) is 1.57. The molecule has 0 aliphatic rings. The van der Waals surface area contributed by atoms with Crippen LogP contribution in [0, 0.1) is 0 Å². The van der Waals surface area contributed by atoms with Crippen molar-refractivity contribution in [2.24, 2.45) is 5.10 Å². The summed E-state index contributed by atoms with van der Waals surface area (Å²) in [5.41, 5.74) is 5.77. The van der Waals surface area contributed by atoms with E-state index in [9.17, 15) is 4.79 Å². The summed E-state index contributed by atoms with van der Waals surface area (Å²) in [5.74, 6) is 2.47. The highest BCUT2D eigenvalue weighted by Crippen LogP contribution is 2.41. The number of benzene rings is 4. The lowest BCUT2D eigenvalue weighted by Crippen LogP contribution is -2.18. The van der Waals surface area contributed by atoms with Gasteiger partial charge in [-0.15, -0.1) is 0 Å². The fourth-order valence-corrected chi connectivity index (χ4v) is 4.25. The van der Waals surface area contributed by atoms with Gasteiger partial charge in [0.15, 0.2) is 11.5 Å². The smallest absolute Gasteiger partial charge is 0.272 e. The second-order valence-corrected chi connectivity index (χ2v) is 8.67. The van der Waals surface area contributed by atoms with Crippen molar-refractivity contribution in [2.45, 2.75) is 0 Å². The number of amides is 1. The Kier molecular flexibility index (Phi) is 7.87. The van der Waals surface area contributed by atoms with Crippen LogP contribution >= 0.6 is 0 Å². The maximum Gasteiger partial charge on any atom is 0.272 e. The zero-order chi connectivity index (χ0) is 27.9. The lowest BCUT2D eigenvalue weighted by atomic mass is 10.0. The van der Waals surface area contributed by atoms with Crippen LogP contribution < -0.4 is 24.4 Å². The molecular weight excluding hydrogens is 506 g/mol. The topological polar surface area (TPSA) is 91.3 Å². The summed E-state index contributed by atoms with van der Waals surface area (Å²) in [4.78, 5) is 18.1. The average Bonchev–Trinajstić information content (AvgIpc) is 3.00. The molecule has 0 bridgehead atoms. The number of para-hydroxylation sites is 2. The molecule has 5 aromatic rings. The fourth-order valence-electron chi connectivity index (χ4n) is 4.25. The van der Waals surface area contributed by atoms with Gasteiger partial charge in [0.1, 0.15) is 11.5 Å². The van der Waals surface area contributed by atoms with Crippen molar-refractivity contribution in [1.29, 1.82) is 0 Å². The first-order valence-electron chi connectivity index (χ1n) is 12.5. The van der Waals surface area contributed by atoms with E-state index < -0.39 is 0 Å². The summed E-state index contributed by atoms with van der Waals surface area (Å²) < 4.78 is 22.3. The largest absolute Gasteiger partial charge is 0.493 e. The standard InChI is InChI=1S/C32H27N3O5/c1-37-29-17-22(18-30(38-2)31(29)39-3)28-19-26(25-14-7-8-15-27(25)34-28)32(36)35-33-20-21-10-9-13-24(16-21)40-23-11-5-4-6-12-23/h4-20H,1-3H3,(H,35,36)/b33-20+. The van der Waals surface area contributed by atoms with Crippen LogP contribution in [0.2, 0.25) is 0 Å². The Labute approximate surface area is 231 Å². The summed E-state index contributed by atoms with van der Waals surface area (Å²) in [5, 5.41) is 4.89. The van der Waals surface area contributed by atoms with Crippen LogP contribution in [0.4, 0.5) is 0 Å². The van der Waals surface area contributed by atoms with Gasteiger partial charge < -0.3 is 18.9 Å². The van der Waals surface area contributed by atoms with E-state index in [4.69, 9.17) is 23.9 Å². The molecule has 8 nitrogen and oxygen atoms in total. The van der Waals surface area contributed by atoms with Gasteiger partial charge in [-0.2, -0.15) is 5.10 Å². The molecule has 0 aliphatic heterocycles. The number of ether oxygens (including phenoxy) is 4. The van der Waals surface area contributed by atoms with E-state index in [1.54, 1.807) is 45.7 Å². The number of hydrazone groups is 1. The van der Waals surface area contributed by atoms with Crippen molar-refractivity contribution >= 4 is 23.0 Å². The van der Waals surface area contributed by atoms with Gasteiger partial charge in [-0.05, 0) is 54.1 Å². The van der Waals surface area contributed by atoms with Crippen molar-refractivity contribution in [1.82, 2.24) is 10.4 Å². The number of nitrogens with one attached hydrogen (secondary N) is 1. The first kappa shape index (κ1) is 26.2. The lowest BCUT2D eigenvalue weighted by molar-refractivity contribution is 0.0956. The molecule has 1 amide bonds. The lowest BCUT2D eigenvalue weighted by Gasteiger charge is -2.15. The predicted molar refractivity (Wildman–Crippen MR) is 155 cm³/mol. The number of pyridine rings is 1. The van der Waals surface area contributed by atoms with Crippen LogP contribution in [0.15, 0.2) is 102 Å². The molecule has 1 aromatic heterocycles. The first-order chi connectivity index (χ1) is 19.6. The number of hydrogen-bond donors (Lipinski definition) is 1. The van der Waals surface area contributed by atoms with E-state index in [1.165, 1.54) is 0 Å². The molecule has 5 rings (SSSR count). The van der Waals surface area contributed by atoms with Crippen LogP contribution in [-0.2, 0) is 0 Å². The van der Waals surface area contributed by atoms with Crippen LogP contribution in [0.1, 0.15) is 15.9 Å². The van der Waals surface area contributed by atoms with Gasteiger partial charge in [-0.3, -0.25) is 4.79 Å². The predicted octanol–water partition coefficient (Wildman–Crippen LogP) is 6.48. The molecule has 0 unspecified atom stereocenters. The van der Waals surface area contributed by atoms with E-state index in [0.717, 1.165) is 11.3 Å². The third kappa shape index (κ3) is 5.71. The molecule has 0 saturated heterocycles. The normalized spacial score (nSPS) is 10.9. The Hall–Kier alpha value is -5.37. The summed E-state index contributed by atoms with van der Waals surface area (Å²) in [6.45, 7) is 0. The summed E-state index contributed by atoms with van der Waals surface area (Å²) >= 11 is 0. The third-order valence-corrected chi connectivity index (χ3v) is 6.14. The molecule has 200 valence electrons. The molecule has 0 radical (unpaired) electrons. The summed E-state index contributed by atoms with van der Waals surface area (Å²) in [7, 11) is 4.65. The molecule has 8 heteroatoms. The van der Waals surface area contributed by atoms with Gasteiger partial charge in [-0.25, -0.2) is 10.4 Å². The Morgan fingerprint density at radius 3 is 2.20 bits per heavy atom. The first-order valence-corrected chi connectivity index (χ1v) is 12.5. The minimum Gasteiger partial charge on any atom is -0.493 e. The van der Waals surface area contributed by atoms with Crippen LogP contribution in [0.25, 0.3) is 22.2 Å². The zero-order valence-electron chi connectivity index (χ0n) is 22.3. The molecule has 40 heavy (non-hydrogen) atoms. The van der Waals surface area contributed by atoms with Gasteiger partial charge in [0.05, 0.1) is 44.3 Å². The maximum absolute atomic E-state index is 13.3. The number of carbonyl (C=O) groups is 1. The third-order valence-electron chi connectivity index (χ3n) is 6.14. The highest BCUT2D eigenvalue weighted by atomic mass is 16.5. The van der Waals surface area contributed by atoms with E-state index in [-0.39, 0.29) is 5.91 Å². The molecule has 0 fully saturated rings. The molecule has 0 atom stereocenters. The fraction of sp³-hybridized carbons (Fsp3) is 0.0938. The average molecular weight is 534 g/mol. The number of rotatable bonds is 9.